The maximum atomic E-state index is 10.4. The van der Waals surface area contributed by atoms with Crippen molar-refractivity contribution in [3.8, 4) is 11.5 Å². The molecule has 2 aromatic rings. The Morgan fingerprint density at radius 2 is 1.97 bits per heavy atom. The molecule has 0 aliphatic carbocycles. The Kier molecular flexibility index (Phi) is 7.52. The van der Waals surface area contributed by atoms with Gasteiger partial charge in [0, 0.05) is 38.3 Å². The molecule has 0 bridgehead atoms. The van der Waals surface area contributed by atoms with Crippen LogP contribution >= 0.6 is 0 Å². The molecule has 0 radical (unpaired) electrons. The highest BCUT2D eigenvalue weighted by Crippen LogP contribution is 2.26. The van der Waals surface area contributed by atoms with Crippen LogP contribution in [0.15, 0.2) is 24.3 Å². The molecule has 0 unspecified atom stereocenters. The van der Waals surface area contributed by atoms with Crippen molar-refractivity contribution in [3.63, 3.8) is 0 Å². The van der Waals surface area contributed by atoms with Crippen molar-refractivity contribution >= 4 is 0 Å². The highest BCUT2D eigenvalue weighted by molar-refractivity contribution is 5.40. The topological polar surface area (TPSA) is 63.0 Å². The van der Waals surface area contributed by atoms with Crippen molar-refractivity contribution in [2.24, 2.45) is 7.05 Å². The van der Waals surface area contributed by atoms with Gasteiger partial charge in [0.1, 0.15) is 24.2 Å². The second-order valence-electron chi connectivity index (χ2n) is 8.02. The summed E-state index contributed by atoms with van der Waals surface area (Å²) in [5, 5.41) is 14.8. The van der Waals surface area contributed by atoms with Crippen molar-refractivity contribution in [1.29, 1.82) is 0 Å². The Morgan fingerprint density at radius 1 is 1.21 bits per heavy atom. The summed E-state index contributed by atoms with van der Waals surface area (Å²) in [6.07, 6.45) is 1.94. The summed E-state index contributed by atoms with van der Waals surface area (Å²) >= 11 is 0. The summed E-state index contributed by atoms with van der Waals surface area (Å²) in [6, 6.07) is 7.99. The van der Waals surface area contributed by atoms with Gasteiger partial charge in [-0.1, -0.05) is 6.07 Å². The number of methoxy groups -OCH3 is 1. The van der Waals surface area contributed by atoms with Gasteiger partial charge in [0.15, 0.2) is 0 Å². The number of hydrogen-bond donors (Lipinski definition) is 1. The van der Waals surface area contributed by atoms with Gasteiger partial charge in [-0.15, -0.1) is 0 Å². The van der Waals surface area contributed by atoms with Crippen molar-refractivity contribution in [2.45, 2.75) is 39.0 Å². The maximum Gasteiger partial charge on any atom is 0.127 e. The van der Waals surface area contributed by atoms with E-state index in [1.165, 1.54) is 18.5 Å². The third-order valence-electron chi connectivity index (χ3n) is 5.34. The largest absolute Gasteiger partial charge is 0.497 e. The molecule has 160 valence electrons. The molecule has 1 fully saturated rings. The first-order chi connectivity index (χ1) is 13.9. The summed E-state index contributed by atoms with van der Waals surface area (Å²) in [5.74, 6) is 1.51. The fourth-order valence-corrected chi connectivity index (χ4v) is 3.86. The summed E-state index contributed by atoms with van der Waals surface area (Å²) in [5.41, 5.74) is 3.26. The van der Waals surface area contributed by atoms with Crippen LogP contribution in [0.1, 0.15) is 29.8 Å². The fraction of sp³-hybridized carbons (Fsp3) is 0.591. The van der Waals surface area contributed by atoms with E-state index in [1.54, 1.807) is 7.11 Å². The number of benzene rings is 1. The summed E-state index contributed by atoms with van der Waals surface area (Å²) in [7, 11) is 5.70. The lowest BCUT2D eigenvalue weighted by Gasteiger charge is -2.22. The summed E-state index contributed by atoms with van der Waals surface area (Å²) in [4.78, 5) is 4.52. The van der Waals surface area contributed by atoms with E-state index in [0.717, 1.165) is 48.9 Å². The molecular formula is C22H34N4O3. The molecule has 0 amide bonds. The van der Waals surface area contributed by atoms with Crippen LogP contribution in [0.3, 0.4) is 0 Å². The molecule has 1 aromatic heterocycles. The molecule has 2 heterocycles. The molecule has 7 heteroatoms. The van der Waals surface area contributed by atoms with Gasteiger partial charge in [0.2, 0.25) is 0 Å². The van der Waals surface area contributed by atoms with Gasteiger partial charge in [-0.3, -0.25) is 9.58 Å². The number of aromatic nitrogens is 2. The van der Waals surface area contributed by atoms with Gasteiger partial charge in [-0.2, -0.15) is 5.10 Å². The summed E-state index contributed by atoms with van der Waals surface area (Å²) in [6.45, 7) is 6.61. The highest BCUT2D eigenvalue weighted by atomic mass is 16.5. The molecule has 1 aromatic carbocycles. The van der Waals surface area contributed by atoms with Crippen LogP contribution in [0.2, 0.25) is 0 Å². The lowest BCUT2D eigenvalue weighted by atomic mass is 10.1. The number of hydrogen-bond acceptors (Lipinski definition) is 6. The van der Waals surface area contributed by atoms with Crippen LogP contribution in [0, 0.1) is 6.92 Å². The molecule has 1 aliphatic heterocycles. The van der Waals surface area contributed by atoms with E-state index < -0.39 is 6.10 Å². The lowest BCUT2D eigenvalue weighted by molar-refractivity contribution is 0.0750. The van der Waals surface area contributed by atoms with Gasteiger partial charge in [0.25, 0.3) is 0 Å². The fourth-order valence-electron chi connectivity index (χ4n) is 3.86. The average molecular weight is 403 g/mol. The van der Waals surface area contributed by atoms with Crippen LogP contribution in [-0.4, -0.2) is 71.2 Å². The molecule has 7 nitrogen and oxygen atoms in total. The van der Waals surface area contributed by atoms with Crippen LogP contribution in [0.4, 0.5) is 0 Å². The minimum Gasteiger partial charge on any atom is -0.497 e. The number of aliphatic hydroxyl groups is 1. The van der Waals surface area contributed by atoms with Gasteiger partial charge in [-0.05, 0) is 52.0 Å². The minimum absolute atomic E-state index is 0.279. The molecule has 1 atom stereocenters. The zero-order valence-corrected chi connectivity index (χ0v) is 18.1. The Balaban J connectivity index is 1.62. The molecule has 1 aliphatic rings. The van der Waals surface area contributed by atoms with E-state index in [9.17, 15) is 5.11 Å². The first-order valence-electron chi connectivity index (χ1n) is 10.3. The van der Waals surface area contributed by atoms with E-state index in [-0.39, 0.29) is 6.61 Å². The third-order valence-corrected chi connectivity index (χ3v) is 5.34. The summed E-state index contributed by atoms with van der Waals surface area (Å²) < 4.78 is 13.3. The lowest BCUT2D eigenvalue weighted by Crippen LogP contribution is -2.33. The quantitative estimate of drug-likeness (QED) is 0.657. The van der Waals surface area contributed by atoms with E-state index in [4.69, 9.17) is 9.47 Å². The van der Waals surface area contributed by atoms with Gasteiger partial charge in [-0.25, -0.2) is 0 Å². The maximum absolute atomic E-state index is 10.4. The molecule has 0 saturated carbocycles. The normalized spacial score (nSPS) is 15.8. The van der Waals surface area contributed by atoms with Gasteiger partial charge >= 0.3 is 0 Å². The average Bonchev–Trinajstić information content (AvgIpc) is 3.30. The molecule has 29 heavy (non-hydrogen) atoms. The first-order valence-corrected chi connectivity index (χ1v) is 10.3. The van der Waals surface area contributed by atoms with Crippen molar-refractivity contribution in [2.75, 3.05) is 40.4 Å². The van der Waals surface area contributed by atoms with Crippen molar-refractivity contribution in [1.82, 2.24) is 19.6 Å². The van der Waals surface area contributed by atoms with Crippen LogP contribution in [-0.2, 0) is 20.1 Å². The molecular weight excluding hydrogens is 368 g/mol. The monoisotopic (exact) mass is 402 g/mol. The molecule has 1 N–H and O–H groups in total. The van der Waals surface area contributed by atoms with Gasteiger partial charge in [0.05, 0.1) is 18.5 Å². The van der Waals surface area contributed by atoms with E-state index in [2.05, 4.69) is 28.0 Å². The van der Waals surface area contributed by atoms with Gasteiger partial charge < -0.3 is 19.5 Å². The van der Waals surface area contributed by atoms with Crippen LogP contribution in [0.5, 0.6) is 11.5 Å². The Hall–Kier alpha value is -2.09. The number of ether oxygens (including phenoxy) is 2. The Labute approximate surface area is 173 Å². The third kappa shape index (κ3) is 6.19. The number of rotatable bonds is 10. The first kappa shape index (κ1) is 21.6. The number of aryl methyl sites for hydroxylation is 2. The number of likely N-dealkylation sites (tertiary alicyclic amines) is 1. The predicted molar refractivity (Wildman–Crippen MR) is 113 cm³/mol. The zero-order chi connectivity index (χ0) is 20.8. The molecule has 0 spiro atoms. The Morgan fingerprint density at radius 3 is 2.62 bits per heavy atom. The van der Waals surface area contributed by atoms with E-state index in [1.807, 2.05) is 36.9 Å². The van der Waals surface area contributed by atoms with Crippen molar-refractivity contribution < 1.29 is 14.6 Å². The smallest absolute Gasteiger partial charge is 0.127 e. The van der Waals surface area contributed by atoms with Crippen LogP contribution in [0.25, 0.3) is 0 Å². The second-order valence-corrected chi connectivity index (χ2v) is 8.02. The number of β-amino-alcohol motifs (C(OH)–C–C–N with tert-alkyl or cyclic N) is 1. The van der Waals surface area contributed by atoms with E-state index >= 15 is 0 Å². The van der Waals surface area contributed by atoms with Crippen LogP contribution < -0.4 is 9.47 Å². The zero-order valence-electron chi connectivity index (χ0n) is 18.1. The van der Waals surface area contributed by atoms with E-state index in [0.29, 0.717) is 6.54 Å². The predicted octanol–water partition coefficient (Wildman–Crippen LogP) is 2.20. The Bertz CT molecular complexity index is 786. The SMILES string of the molecule is COc1ccc(CN(C)Cc2cc(C)nn2C)c(OC[C@H](O)CN2CCCC2)c1. The van der Waals surface area contributed by atoms with Crippen molar-refractivity contribution in [3.05, 3.63) is 41.2 Å². The number of nitrogens with zero attached hydrogens (tertiary/aromatic N) is 4. The number of aliphatic hydroxyl groups excluding tert-OH is 1. The molecule has 1 saturated heterocycles. The highest BCUT2D eigenvalue weighted by Gasteiger charge is 2.17. The standard InChI is InChI=1S/C22H34N4O3/c1-17-11-19(25(3)23-17)14-24(2)13-18-7-8-21(28-4)12-22(18)29-16-20(27)15-26-9-5-6-10-26/h7-8,11-12,20,27H,5-6,9-10,13-16H2,1-4H3/t20-/m1/s1. The molecule has 3 rings (SSSR count). The second kappa shape index (κ2) is 10.1. The minimum atomic E-state index is -0.498.